The summed E-state index contributed by atoms with van der Waals surface area (Å²) in [4.78, 5) is 21.0. The van der Waals surface area contributed by atoms with Gasteiger partial charge < -0.3 is 5.11 Å². The lowest BCUT2D eigenvalue weighted by molar-refractivity contribution is -0.171. The van der Waals surface area contributed by atoms with Crippen LogP contribution in [0.5, 0.6) is 0 Å². The van der Waals surface area contributed by atoms with Crippen LogP contribution < -0.4 is 0 Å². The lowest BCUT2D eigenvalue weighted by Crippen LogP contribution is -2.37. The number of unbranched alkanes of at least 4 members (excludes halogenated alkanes) is 6. The van der Waals surface area contributed by atoms with Crippen LogP contribution >= 0.6 is 0 Å². The fourth-order valence-corrected chi connectivity index (χ4v) is 1.52. The van der Waals surface area contributed by atoms with Gasteiger partial charge in [0.05, 0.1) is 0 Å². The summed E-state index contributed by atoms with van der Waals surface area (Å²) in [5.74, 6) is -8.06. The monoisotopic (exact) mass is 250 g/mol. The fourth-order valence-electron chi connectivity index (χ4n) is 1.52. The molecular formula is C12H20F2O3. The summed E-state index contributed by atoms with van der Waals surface area (Å²) in [6.07, 6.45) is 6.06. The smallest absolute Gasteiger partial charge is 0.399 e. The Morgan fingerprint density at radius 2 is 1.47 bits per heavy atom. The van der Waals surface area contributed by atoms with Crippen LogP contribution in [0.2, 0.25) is 0 Å². The first-order valence-corrected chi connectivity index (χ1v) is 6.07. The number of Topliss-reactive ketones (excluding diaryl/α,β-unsaturated/α-hetero) is 1. The minimum absolute atomic E-state index is 0.341. The Morgan fingerprint density at radius 1 is 1.00 bits per heavy atom. The van der Waals surface area contributed by atoms with Gasteiger partial charge in [0.1, 0.15) is 0 Å². The van der Waals surface area contributed by atoms with E-state index in [2.05, 4.69) is 6.92 Å². The van der Waals surface area contributed by atoms with Gasteiger partial charge in [0.15, 0.2) is 0 Å². The van der Waals surface area contributed by atoms with Crippen LogP contribution in [0.15, 0.2) is 0 Å². The van der Waals surface area contributed by atoms with Crippen LogP contribution in [-0.4, -0.2) is 22.8 Å². The van der Waals surface area contributed by atoms with Crippen molar-refractivity contribution < 1.29 is 23.5 Å². The Bertz CT molecular complexity index is 252. The summed E-state index contributed by atoms with van der Waals surface area (Å²) in [6, 6.07) is 0. The minimum Gasteiger partial charge on any atom is -0.476 e. The number of rotatable bonds is 10. The average molecular weight is 250 g/mol. The quantitative estimate of drug-likeness (QED) is 0.477. The normalized spacial score (nSPS) is 11.5. The molecule has 0 saturated carbocycles. The number of alkyl halides is 2. The molecular weight excluding hydrogens is 230 g/mol. The first-order chi connectivity index (χ1) is 7.92. The highest BCUT2D eigenvalue weighted by atomic mass is 19.3. The SMILES string of the molecule is CCCCCCCCCC(=O)C(F)(F)C(=O)O. The molecule has 0 rings (SSSR count). The molecule has 0 unspecified atom stereocenters. The topological polar surface area (TPSA) is 54.4 Å². The van der Waals surface area contributed by atoms with Crippen molar-refractivity contribution in [3.63, 3.8) is 0 Å². The van der Waals surface area contributed by atoms with Crippen LogP contribution in [0.3, 0.4) is 0 Å². The molecule has 0 aliphatic heterocycles. The van der Waals surface area contributed by atoms with Gasteiger partial charge in [0.25, 0.3) is 0 Å². The zero-order chi connectivity index (χ0) is 13.3. The predicted octanol–water partition coefficient (Wildman–Crippen LogP) is 3.42. The van der Waals surface area contributed by atoms with Crippen LogP contribution in [0.4, 0.5) is 8.78 Å². The molecule has 0 fully saturated rings. The molecule has 0 saturated heterocycles. The Balaban J connectivity index is 3.62. The van der Waals surface area contributed by atoms with Gasteiger partial charge in [-0.25, -0.2) is 4.79 Å². The number of ketones is 1. The molecule has 100 valence electrons. The van der Waals surface area contributed by atoms with E-state index in [0.717, 1.165) is 32.1 Å². The Kier molecular flexibility index (Phi) is 7.66. The second-order valence-electron chi connectivity index (χ2n) is 4.17. The van der Waals surface area contributed by atoms with Crippen LogP contribution in [0, 0.1) is 0 Å². The third kappa shape index (κ3) is 6.34. The van der Waals surface area contributed by atoms with E-state index in [9.17, 15) is 18.4 Å². The van der Waals surface area contributed by atoms with E-state index in [1.165, 1.54) is 0 Å². The van der Waals surface area contributed by atoms with Gasteiger partial charge in [-0.1, -0.05) is 45.4 Å². The maximum absolute atomic E-state index is 12.7. The number of hydrogen-bond acceptors (Lipinski definition) is 2. The summed E-state index contributed by atoms with van der Waals surface area (Å²) < 4.78 is 25.3. The molecule has 17 heavy (non-hydrogen) atoms. The molecule has 0 aromatic carbocycles. The van der Waals surface area contributed by atoms with E-state index in [4.69, 9.17) is 5.11 Å². The van der Waals surface area contributed by atoms with Crippen LogP contribution in [0.1, 0.15) is 58.3 Å². The number of carbonyl (C=O) groups excluding carboxylic acids is 1. The summed E-state index contributed by atoms with van der Waals surface area (Å²) in [5, 5.41) is 8.14. The second-order valence-corrected chi connectivity index (χ2v) is 4.17. The van der Waals surface area contributed by atoms with Crippen molar-refractivity contribution in [3.8, 4) is 0 Å². The highest BCUT2D eigenvalue weighted by molar-refractivity contribution is 6.04. The van der Waals surface area contributed by atoms with Crippen LogP contribution in [-0.2, 0) is 9.59 Å². The van der Waals surface area contributed by atoms with E-state index < -0.39 is 17.7 Å². The van der Waals surface area contributed by atoms with E-state index in [0.29, 0.717) is 12.8 Å². The second kappa shape index (κ2) is 8.14. The minimum atomic E-state index is -4.22. The molecule has 0 radical (unpaired) electrons. The maximum Gasteiger partial charge on any atom is 0.399 e. The summed E-state index contributed by atoms with van der Waals surface area (Å²) >= 11 is 0. The maximum atomic E-state index is 12.7. The van der Waals surface area contributed by atoms with Crippen LogP contribution in [0.25, 0.3) is 0 Å². The molecule has 0 heterocycles. The van der Waals surface area contributed by atoms with Crippen molar-refractivity contribution in [3.05, 3.63) is 0 Å². The zero-order valence-corrected chi connectivity index (χ0v) is 10.2. The van der Waals surface area contributed by atoms with Gasteiger partial charge >= 0.3 is 11.9 Å². The Labute approximate surface area is 100 Å². The largest absolute Gasteiger partial charge is 0.476 e. The number of carboxylic acid groups (broad SMARTS) is 1. The standard InChI is InChI=1S/C12H20F2O3/c1-2-3-4-5-6-7-8-9-10(15)12(13,14)11(16)17/h2-9H2,1H3,(H,16,17). The van der Waals surface area contributed by atoms with E-state index in [-0.39, 0.29) is 6.42 Å². The molecule has 0 aliphatic rings. The first-order valence-electron chi connectivity index (χ1n) is 6.07. The number of hydrogen-bond donors (Lipinski definition) is 1. The third-order valence-corrected chi connectivity index (χ3v) is 2.63. The molecule has 0 aromatic heterocycles. The molecule has 3 nitrogen and oxygen atoms in total. The van der Waals surface area contributed by atoms with Gasteiger partial charge in [0.2, 0.25) is 5.78 Å². The number of carboxylic acids is 1. The number of carbonyl (C=O) groups is 2. The van der Waals surface area contributed by atoms with Crippen molar-refractivity contribution in [1.82, 2.24) is 0 Å². The van der Waals surface area contributed by atoms with Crippen molar-refractivity contribution in [2.45, 2.75) is 64.2 Å². The zero-order valence-electron chi connectivity index (χ0n) is 10.2. The first kappa shape index (κ1) is 16.0. The summed E-state index contributed by atoms with van der Waals surface area (Å²) in [7, 11) is 0. The van der Waals surface area contributed by atoms with E-state index in [1.54, 1.807) is 0 Å². The van der Waals surface area contributed by atoms with Crippen molar-refractivity contribution in [1.29, 1.82) is 0 Å². The summed E-state index contributed by atoms with van der Waals surface area (Å²) in [5.41, 5.74) is 0. The summed E-state index contributed by atoms with van der Waals surface area (Å²) in [6.45, 7) is 2.10. The molecule has 0 aliphatic carbocycles. The average Bonchev–Trinajstić information content (AvgIpc) is 2.27. The predicted molar refractivity (Wildman–Crippen MR) is 60.2 cm³/mol. The fraction of sp³-hybridized carbons (Fsp3) is 0.833. The molecule has 0 bridgehead atoms. The molecule has 5 heteroatoms. The lowest BCUT2D eigenvalue weighted by Gasteiger charge is -2.09. The van der Waals surface area contributed by atoms with Crippen molar-refractivity contribution in [2.24, 2.45) is 0 Å². The van der Waals surface area contributed by atoms with E-state index >= 15 is 0 Å². The van der Waals surface area contributed by atoms with Gasteiger partial charge in [-0.3, -0.25) is 4.79 Å². The van der Waals surface area contributed by atoms with Crippen molar-refractivity contribution >= 4 is 11.8 Å². The van der Waals surface area contributed by atoms with E-state index in [1.807, 2.05) is 0 Å². The molecule has 0 aromatic rings. The molecule has 1 N–H and O–H groups in total. The Hall–Kier alpha value is -1.00. The molecule has 0 amide bonds. The van der Waals surface area contributed by atoms with Gasteiger partial charge in [-0.2, -0.15) is 8.78 Å². The highest BCUT2D eigenvalue weighted by Gasteiger charge is 2.46. The number of aliphatic carboxylic acids is 1. The van der Waals surface area contributed by atoms with Gasteiger partial charge in [0, 0.05) is 6.42 Å². The number of halogens is 2. The molecule has 0 atom stereocenters. The highest BCUT2D eigenvalue weighted by Crippen LogP contribution is 2.19. The lowest BCUT2D eigenvalue weighted by atomic mass is 10.0. The van der Waals surface area contributed by atoms with Crippen molar-refractivity contribution in [2.75, 3.05) is 0 Å². The Morgan fingerprint density at radius 3 is 1.94 bits per heavy atom. The molecule has 0 spiro atoms. The van der Waals surface area contributed by atoms with Gasteiger partial charge in [-0.05, 0) is 6.42 Å². The van der Waals surface area contributed by atoms with Gasteiger partial charge in [-0.15, -0.1) is 0 Å². The third-order valence-electron chi connectivity index (χ3n) is 2.63.